The summed E-state index contributed by atoms with van der Waals surface area (Å²) in [6.07, 6.45) is 3.31. The number of piperazine rings is 1. The number of thiophene rings is 1. The van der Waals surface area contributed by atoms with Crippen molar-refractivity contribution in [3.63, 3.8) is 0 Å². The molecule has 0 radical (unpaired) electrons. The van der Waals surface area contributed by atoms with Crippen molar-refractivity contribution in [3.8, 4) is 0 Å². The number of rotatable bonds is 2. The van der Waals surface area contributed by atoms with Crippen molar-refractivity contribution in [2.24, 2.45) is 5.92 Å². The van der Waals surface area contributed by atoms with Crippen molar-refractivity contribution in [2.75, 3.05) is 37.7 Å². The first-order valence-electron chi connectivity index (χ1n) is 9.52. The van der Waals surface area contributed by atoms with Crippen molar-refractivity contribution in [2.45, 2.75) is 40.0 Å². The zero-order valence-corrected chi connectivity index (χ0v) is 16.6. The van der Waals surface area contributed by atoms with E-state index in [1.54, 1.807) is 4.90 Å². The molecule has 4 rings (SSSR count). The van der Waals surface area contributed by atoms with Crippen molar-refractivity contribution in [1.82, 2.24) is 14.9 Å². The molecule has 0 N–H and O–H groups in total. The van der Waals surface area contributed by atoms with Crippen LogP contribution in [0.4, 0.5) is 10.6 Å². The molecule has 6 nitrogen and oxygen atoms in total. The molecule has 1 fully saturated rings. The minimum atomic E-state index is -0.210. The summed E-state index contributed by atoms with van der Waals surface area (Å²) in [6.45, 7) is 9.48. The van der Waals surface area contributed by atoms with Crippen LogP contribution in [0.25, 0.3) is 10.2 Å². The fourth-order valence-electron chi connectivity index (χ4n) is 3.97. The quantitative estimate of drug-likeness (QED) is 0.806. The van der Waals surface area contributed by atoms with Crippen molar-refractivity contribution >= 4 is 33.5 Å². The van der Waals surface area contributed by atoms with Gasteiger partial charge < -0.3 is 14.5 Å². The van der Waals surface area contributed by atoms with E-state index in [9.17, 15) is 4.79 Å². The largest absolute Gasteiger partial charge is 0.450 e. The lowest BCUT2D eigenvalue weighted by Crippen LogP contribution is -2.49. The molecule has 1 aliphatic heterocycles. The van der Waals surface area contributed by atoms with Crippen LogP contribution >= 0.6 is 11.3 Å². The maximum absolute atomic E-state index is 11.9. The van der Waals surface area contributed by atoms with Crippen LogP contribution in [0.2, 0.25) is 0 Å². The molecular weight excluding hydrogens is 348 g/mol. The molecule has 3 heterocycles. The van der Waals surface area contributed by atoms with Gasteiger partial charge in [0.25, 0.3) is 0 Å². The summed E-state index contributed by atoms with van der Waals surface area (Å²) in [5, 5.41) is 1.26. The lowest BCUT2D eigenvalue weighted by molar-refractivity contribution is 0.105. The van der Waals surface area contributed by atoms with Gasteiger partial charge in [-0.25, -0.2) is 14.8 Å². The Morgan fingerprint density at radius 2 is 2.04 bits per heavy atom. The summed E-state index contributed by atoms with van der Waals surface area (Å²) in [5.41, 5.74) is 1.46. The van der Waals surface area contributed by atoms with E-state index in [0.717, 1.165) is 48.3 Å². The minimum absolute atomic E-state index is 0.210. The van der Waals surface area contributed by atoms with Crippen LogP contribution in [0.15, 0.2) is 0 Å². The predicted octanol–water partition coefficient (Wildman–Crippen LogP) is 3.40. The first-order chi connectivity index (χ1) is 12.6. The SMILES string of the molecule is CCOC(=O)N1CCN(c2nc(C)nc3sc4c(c23)CCC(C)C4)CC1. The number of anilines is 1. The number of hydrogen-bond donors (Lipinski definition) is 0. The fraction of sp³-hybridized carbons (Fsp3) is 0.632. The van der Waals surface area contributed by atoms with E-state index < -0.39 is 0 Å². The normalized spacial score (nSPS) is 20.3. The maximum Gasteiger partial charge on any atom is 0.409 e. The van der Waals surface area contributed by atoms with E-state index >= 15 is 0 Å². The Morgan fingerprint density at radius 1 is 1.27 bits per heavy atom. The molecule has 1 amide bonds. The monoisotopic (exact) mass is 374 g/mol. The Morgan fingerprint density at radius 3 is 2.77 bits per heavy atom. The van der Waals surface area contributed by atoms with Crippen molar-refractivity contribution in [3.05, 3.63) is 16.3 Å². The van der Waals surface area contributed by atoms with Crippen LogP contribution in [0.1, 0.15) is 36.5 Å². The first kappa shape index (κ1) is 17.5. The third kappa shape index (κ3) is 3.13. The molecule has 2 aliphatic rings. The fourth-order valence-corrected chi connectivity index (χ4v) is 5.39. The number of fused-ring (bicyclic) bond motifs is 3. The molecule has 0 bridgehead atoms. The first-order valence-corrected chi connectivity index (χ1v) is 10.3. The second-order valence-corrected chi connectivity index (χ2v) is 8.38. The Bertz CT molecular complexity index is 827. The van der Waals surface area contributed by atoms with E-state index in [0.29, 0.717) is 19.7 Å². The third-order valence-corrected chi connectivity index (χ3v) is 6.50. The molecular formula is C19H26N4O2S. The number of ether oxygens (including phenoxy) is 1. The zero-order chi connectivity index (χ0) is 18.3. The maximum atomic E-state index is 11.9. The number of hydrogen-bond acceptors (Lipinski definition) is 6. The van der Waals surface area contributed by atoms with Gasteiger partial charge in [0.15, 0.2) is 0 Å². The molecule has 7 heteroatoms. The van der Waals surface area contributed by atoms with Gasteiger partial charge in [-0.05, 0) is 44.6 Å². The Balaban J connectivity index is 1.64. The van der Waals surface area contributed by atoms with Gasteiger partial charge in [0.1, 0.15) is 16.5 Å². The summed E-state index contributed by atoms with van der Waals surface area (Å²) in [4.78, 5) is 28.2. The summed E-state index contributed by atoms with van der Waals surface area (Å²) in [5.74, 6) is 2.64. The lowest BCUT2D eigenvalue weighted by Gasteiger charge is -2.35. The number of nitrogens with zero attached hydrogens (tertiary/aromatic N) is 4. The highest BCUT2D eigenvalue weighted by atomic mass is 32.1. The zero-order valence-electron chi connectivity index (χ0n) is 15.7. The smallest absolute Gasteiger partial charge is 0.409 e. The minimum Gasteiger partial charge on any atom is -0.450 e. The number of carbonyl (C=O) groups is 1. The molecule has 1 saturated heterocycles. The van der Waals surface area contributed by atoms with Gasteiger partial charge in [-0.3, -0.25) is 0 Å². The molecule has 140 valence electrons. The van der Waals surface area contributed by atoms with Crippen molar-refractivity contribution < 1.29 is 9.53 Å². The van der Waals surface area contributed by atoms with Crippen LogP contribution in [0, 0.1) is 12.8 Å². The van der Waals surface area contributed by atoms with Crippen LogP contribution < -0.4 is 4.90 Å². The molecule has 2 aromatic rings. The molecule has 1 aliphatic carbocycles. The molecule has 1 atom stereocenters. The second kappa shape index (κ2) is 7.02. The van der Waals surface area contributed by atoms with Gasteiger partial charge in [0.2, 0.25) is 0 Å². The molecule has 0 spiro atoms. The molecule has 26 heavy (non-hydrogen) atoms. The van der Waals surface area contributed by atoms with Gasteiger partial charge in [-0.15, -0.1) is 11.3 Å². The standard InChI is InChI=1S/C19H26N4O2S/c1-4-25-19(24)23-9-7-22(8-10-23)17-16-14-6-5-12(2)11-15(14)26-18(16)21-13(3)20-17/h12H,4-11H2,1-3H3. The van der Waals surface area contributed by atoms with Gasteiger partial charge in [0, 0.05) is 31.1 Å². The topological polar surface area (TPSA) is 58.6 Å². The molecule has 0 aromatic carbocycles. The predicted molar refractivity (Wildman–Crippen MR) is 104 cm³/mol. The van der Waals surface area contributed by atoms with E-state index in [4.69, 9.17) is 14.7 Å². The van der Waals surface area contributed by atoms with Crippen molar-refractivity contribution in [1.29, 1.82) is 0 Å². The van der Waals surface area contributed by atoms with Crippen LogP contribution in [0.5, 0.6) is 0 Å². The average Bonchev–Trinajstić information content (AvgIpc) is 2.98. The number of aryl methyl sites for hydroxylation is 2. The number of carbonyl (C=O) groups excluding carboxylic acids is 1. The number of amides is 1. The summed E-state index contributed by atoms with van der Waals surface area (Å²) in [7, 11) is 0. The van der Waals surface area contributed by atoms with Crippen LogP contribution in [-0.4, -0.2) is 53.7 Å². The van der Waals surface area contributed by atoms with Gasteiger partial charge in [-0.1, -0.05) is 6.92 Å². The van der Waals surface area contributed by atoms with E-state index in [1.807, 2.05) is 25.2 Å². The van der Waals surface area contributed by atoms with E-state index in [1.165, 1.54) is 22.2 Å². The Kier molecular flexibility index (Phi) is 4.73. The molecule has 1 unspecified atom stereocenters. The molecule has 2 aromatic heterocycles. The third-order valence-electron chi connectivity index (χ3n) is 5.35. The summed E-state index contributed by atoms with van der Waals surface area (Å²) >= 11 is 1.85. The molecule has 0 saturated carbocycles. The lowest BCUT2D eigenvalue weighted by atomic mass is 9.89. The average molecular weight is 375 g/mol. The highest BCUT2D eigenvalue weighted by Gasteiger charge is 2.28. The Labute approximate surface area is 158 Å². The van der Waals surface area contributed by atoms with Gasteiger partial charge in [-0.2, -0.15) is 0 Å². The van der Waals surface area contributed by atoms with Crippen LogP contribution in [0.3, 0.4) is 0 Å². The van der Waals surface area contributed by atoms with Gasteiger partial charge in [0.05, 0.1) is 12.0 Å². The van der Waals surface area contributed by atoms with Crippen LogP contribution in [-0.2, 0) is 17.6 Å². The highest BCUT2D eigenvalue weighted by molar-refractivity contribution is 7.19. The second-order valence-electron chi connectivity index (χ2n) is 7.30. The Hall–Kier alpha value is -1.89. The highest BCUT2D eigenvalue weighted by Crippen LogP contribution is 2.41. The van der Waals surface area contributed by atoms with E-state index in [-0.39, 0.29) is 6.09 Å². The van der Waals surface area contributed by atoms with E-state index in [2.05, 4.69) is 11.8 Å². The summed E-state index contributed by atoms with van der Waals surface area (Å²) in [6, 6.07) is 0. The number of aromatic nitrogens is 2. The van der Waals surface area contributed by atoms with Gasteiger partial charge >= 0.3 is 6.09 Å². The summed E-state index contributed by atoms with van der Waals surface area (Å²) < 4.78 is 5.13.